The predicted octanol–water partition coefficient (Wildman–Crippen LogP) is 1.12. The molecule has 1 aliphatic heterocycles. The molecule has 114 valence electrons. The lowest BCUT2D eigenvalue weighted by molar-refractivity contribution is 0.135. The van der Waals surface area contributed by atoms with Crippen molar-refractivity contribution < 1.29 is 0 Å². The first-order valence-electron chi connectivity index (χ1n) is 8.09. The molecule has 0 aromatic carbocycles. The fraction of sp³-hybridized carbons (Fsp3) is 1.00. The molecule has 19 heavy (non-hydrogen) atoms. The molecule has 0 spiro atoms. The first-order valence-corrected chi connectivity index (χ1v) is 8.09. The van der Waals surface area contributed by atoms with Crippen LogP contribution in [0.2, 0.25) is 0 Å². The molecule has 1 heterocycles. The Bertz CT molecular complexity index is 220. The van der Waals surface area contributed by atoms with Crippen molar-refractivity contribution in [3.63, 3.8) is 0 Å². The van der Waals surface area contributed by atoms with E-state index in [9.17, 15) is 0 Å². The maximum absolute atomic E-state index is 6.04. The van der Waals surface area contributed by atoms with E-state index >= 15 is 0 Å². The highest BCUT2D eigenvalue weighted by Gasteiger charge is 2.32. The minimum absolute atomic E-state index is 0.192. The van der Waals surface area contributed by atoms with E-state index in [1.165, 1.54) is 38.9 Å². The van der Waals surface area contributed by atoms with Crippen LogP contribution in [-0.2, 0) is 0 Å². The lowest BCUT2D eigenvalue weighted by atomic mass is 9.87. The van der Waals surface area contributed by atoms with Gasteiger partial charge in [0.25, 0.3) is 0 Å². The maximum Gasteiger partial charge on any atom is 0.0328 e. The average molecular weight is 270 g/mol. The molecule has 0 aliphatic carbocycles. The molecule has 0 saturated carbocycles. The second kappa shape index (κ2) is 8.90. The Balaban J connectivity index is 2.32. The number of likely N-dealkylation sites (tertiary alicyclic amines) is 1. The molecular formula is C15H34N4. The molecule has 0 radical (unpaired) electrons. The van der Waals surface area contributed by atoms with Gasteiger partial charge in [-0.25, -0.2) is 0 Å². The summed E-state index contributed by atoms with van der Waals surface area (Å²) in [4.78, 5) is 5.03. The molecule has 3 N–H and O–H groups in total. The summed E-state index contributed by atoms with van der Waals surface area (Å²) >= 11 is 0. The molecule has 0 aromatic heterocycles. The standard InChI is InChI=1S/C15H34N4/c1-4-10-19-11-7-15(14-16,8-12-19)17-9-13-18(5-2)6-3/h17H,4-14,16H2,1-3H3. The Morgan fingerprint density at radius 2 is 1.79 bits per heavy atom. The van der Waals surface area contributed by atoms with Crippen molar-refractivity contribution in [1.29, 1.82) is 0 Å². The van der Waals surface area contributed by atoms with E-state index in [0.29, 0.717) is 0 Å². The Morgan fingerprint density at radius 1 is 1.16 bits per heavy atom. The van der Waals surface area contributed by atoms with Crippen LogP contribution < -0.4 is 11.1 Å². The number of rotatable bonds is 9. The summed E-state index contributed by atoms with van der Waals surface area (Å²) in [6, 6.07) is 0. The molecule has 4 nitrogen and oxygen atoms in total. The van der Waals surface area contributed by atoms with Gasteiger partial charge in [-0.2, -0.15) is 0 Å². The topological polar surface area (TPSA) is 44.5 Å². The molecule has 1 saturated heterocycles. The highest BCUT2D eigenvalue weighted by atomic mass is 15.2. The molecule has 0 atom stereocenters. The largest absolute Gasteiger partial charge is 0.329 e. The smallest absolute Gasteiger partial charge is 0.0328 e. The van der Waals surface area contributed by atoms with Crippen LogP contribution in [0.15, 0.2) is 0 Å². The van der Waals surface area contributed by atoms with Crippen LogP contribution in [-0.4, -0.2) is 67.7 Å². The van der Waals surface area contributed by atoms with E-state index in [-0.39, 0.29) is 5.54 Å². The predicted molar refractivity (Wildman–Crippen MR) is 83.5 cm³/mol. The van der Waals surface area contributed by atoms with Crippen LogP contribution in [0, 0.1) is 0 Å². The number of piperidine rings is 1. The number of nitrogens with one attached hydrogen (secondary N) is 1. The van der Waals surface area contributed by atoms with Crippen molar-refractivity contribution >= 4 is 0 Å². The van der Waals surface area contributed by atoms with Crippen molar-refractivity contribution in [3.05, 3.63) is 0 Å². The van der Waals surface area contributed by atoms with Gasteiger partial charge in [-0.05, 0) is 52.0 Å². The van der Waals surface area contributed by atoms with Gasteiger partial charge in [0.2, 0.25) is 0 Å². The van der Waals surface area contributed by atoms with Gasteiger partial charge in [-0.3, -0.25) is 0 Å². The lowest BCUT2D eigenvalue weighted by Crippen LogP contribution is -2.58. The first kappa shape index (κ1) is 16.9. The van der Waals surface area contributed by atoms with Crippen LogP contribution in [0.1, 0.15) is 40.0 Å². The van der Waals surface area contributed by atoms with E-state index in [2.05, 4.69) is 35.9 Å². The summed E-state index contributed by atoms with van der Waals surface area (Å²) < 4.78 is 0. The van der Waals surface area contributed by atoms with Crippen molar-refractivity contribution in [2.45, 2.75) is 45.6 Å². The molecule has 0 aromatic rings. The van der Waals surface area contributed by atoms with Crippen molar-refractivity contribution in [3.8, 4) is 0 Å². The quantitative estimate of drug-likeness (QED) is 0.659. The van der Waals surface area contributed by atoms with Gasteiger partial charge in [-0.1, -0.05) is 20.8 Å². The second-order valence-electron chi connectivity index (χ2n) is 5.78. The number of likely N-dealkylation sites (N-methyl/N-ethyl adjacent to an activating group) is 1. The first-order chi connectivity index (χ1) is 9.19. The summed E-state index contributed by atoms with van der Waals surface area (Å²) in [6.45, 7) is 15.6. The van der Waals surface area contributed by atoms with Crippen molar-refractivity contribution in [1.82, 2.24) is 15.1 Å². The molecule has 4 heteroatoms. The molecule has 0 bridgehead atoms. The van der Waals surface area contributed by atoms with Crippen LogP contribution in [0.25, 0.3) is 0 Å². The summed E-state index contributed by atoms with van der Waals surface area (Å²) in [5, 5.41) is 3.75. The zero-order chi connectivity index (χ0) is 14.1. The summed E-state index contributed by atoms with van der Waals surface area (Å²) in [5.41, 5.74) is 6.24. The Hall–Kier alpha value is -0.160. The molecule has 1 rings (SSSR count). The summed E-state index contributed by atoms with van der Waals surface area (Å²) in [5.74, 6) is 0. The van der Waals surface area contributed by atoms with E-state index in [4.69, 9.17) is 5.73 Å². The van der Waals surface area contributed by atoms with E-state index in [0.717, 1.165) is 32.7 Å². The third-order valence-corrected chi connectivity index (χ3v) is 4.57. The Morgan fingerprint density at radius 3 is 2.26 bits per heavy atom. The van der Waals surface area contributed by atoms with E-state index < -0.39 is 0 Å². The Kier molecular flexibility index (Phi) is 7.91. The maximum atomic E-state index is 6.04. The normalized spacial score (nSPS) is 20.1. The van der Waals surface area contributed by atoms with E-state index in [1.807, 2.05) is 0 Å². The average Bonchev–Trinajstić information content (AvgIpc) is 2.46. The second-order valence-corrected chi connectivity index (χ2v) is 5.78. The highest BCUT2D eigenvalue weighted by Crippen LogP contribution is 2.21. The van der Waals surface area contributed by atoms with Gasteiger partial charge >= 0.3 is 0 Å². The molecule has 1 fully saturated rings. The van der Waals surface area contributed by atoms with Crippen LogP contribution in [0.3, 0.4) is 0 Å². The van der Waals surface area contributed by atoms with Crippen molar-refractivity contribution in [2.75, 3.05) is 52.4 Å². The SMILES string of the molecule is CCCN1CCC(CN)(NCCN(CC)CC)CC1. The van der Waals surface area contributed by atoms with Gasteiger partial charge in [0.15, 0.2) is 0 Å². The molecular weight excluding hydrogens is 236 g/mol. The minimum Gasteiger partial charge on any atom is -0.329 e. The van der Waals surface area contributed by atoms with Crippen LogP contribution in [0.5, 0.6) is 0 Å². The van der Waals surface area contributed by atoms with Crippen molar-refractivity contribution in [2.24, 2.45) is 5.73 Å². The summed E-state index contributed by atoms with van der Waals surface area (Å²) in [6.07, 6.45) is 3.65. The van der Waals surface area contributed by atoms with Gasteiger partial charge in [0.1, 0.15) is 0 Å². The highest BCUT2D eigenvalue weighted by molar-refractivity contribution is 4.94. The van der Waals surface area contributed by atoms with Gasteiger partial charge in [-0.15, -0.1) is 0 Å². The number of hydrogen-bond acceptors (Lipinski definition) is 4. The number of nitrogens with two attached hydrogens (primary N) is 1. The molecule has 1 aliphatic rings. The number of nitrogens with zero attached hydrogens (tertiary/aromatic N) is 2. The Labute approximate surface area is 119 Å². The van der Waals surface area contributed by atoms with E-state index in [1.54, 1.807) is 0 Å². The van der Waals surface area contributed by atoms with Gasteiger partial charge in [0.05, 0.1) is 0 Å². The molecule has 0 unspecified atom stereocenters. The zero-order valence-corrected chi connectivity index (χ0v) is 13.2. The zero-order valence-electron chi connectivity index (χ0n) is 13.2. The third kappa shape index (κ3) is 5.38. The fourth-order valence-corrected chi connectivity index (χ4v) is 2.99. The monoisotopic (exact) mass is 270 g/mol. The molecule has 0 amide bonds. The van der Waals surface area contributed by atoms with Crippen LogP contribution >= 0.6 is 0 Å². The van der Waals surface area contributed by atoms with Crippen LogP contribution in [0.4, 0.5) is 0 Å². The van der Waals surface area contributed by atoms with Gasteiger partial charge < -0.3 is 20.9 Å². The third-order valence-electron chi connectivity index (χ3n) is 4.57. The fourth-order valence-electron chi connectivity index (χ4n) is 2.99. The van der Waals surface area contributed by atoms with Gasteiger partial charge in [0, 0.05) is 25.2 Å². The minimum atomic E-state index is 0.192. The lowest BCUT2D eigenvalue weighted by Gasteiger charge is -2.42. The number of hydrogen-bond donors (Lipinski definition) is 2. The summed E-state index contributed by atoms with van der Waals surface area (Å²) in [7, 11) is 0.